The van der Waals surface area contributed by atoms with Gasteiger partial charge >= 0.3 is 12.1 Å². The van der Waals surface area contributed by atoms with Crippen LogP contribution >= 0.6 is 0 Å². The maximum Gasteiger partial charge on any atom is 0.471 e. The molecule has 88 valence electrons. The molecule has 16 heavy (non-hydrogen) atoms. The molecule has 0 aliphatic heterocycles. The Morgan fingerprint density at radius 1 is 1.38 bits per heavy atom. The van der Waals surface area contributed by atoms with E-state index >= 15 is 0 Å². The van der Waals surface area contributed by atoms with E-state index in [0.717, 1.165) is 6.07 Å². The number of rotatable bonds is 2. The Bertz CT molecular complexity index is 389. The van der Waals surface area contributed by atoms with Crippen LogP contribution in [0.3, 0.4) is 0 Å². The predicted octanol–water partition coefficient (Wildman–Crippen LogP) is 2.57. The van der Waals surface area contributed by atoms with Crippen LogP contribution in [0.15, 0.2) is 24.3 Å². The van der Waals surface area contributed by atoms with Gasteiger partial charge in [-0.1, -0.05) is 12.1 Å². The van der Waals surface area contributed by atoms with Crippen molar-refractivity contribution in [1.82, 2.24) is 5.32 Å². The second-order valence-corrected chi connectivity index (χ2v) is 3.25. The molecular formula is C10H9F4NO. The summed E-state index contributed by atoms with van der Waals surface area (Å²) in [6, 6.07) is 4.14. The van der Waals surface area contributed by atoms with Gasteiger partial charge in [-0.05, 0) is 24.6 Å². The van der Waals surface area contributed by atoms with Crippen LogP contribution in [0.1, 0.15) is 18.5 Å². The average Bonchev–Trinajstić information content (AvgIpc) is 2.16. The lowest BCUT2D eigenvalue weighted by Gasteiger charge is -2.15. The number of nitrogens with one attached hydrogen (secondary N) is 1. The zero-order valence-corrected chi connectivity index (χ0v) is 8.31. The number of carbonyl (C=O) groups excluding carboxylic acids is 1. The SMILES string of the molecule is CC(NC(=O)C(F)(F)F)c1cccc(F)c1. The topological polar surface area (TPSA) is 29.1 Å². The molecular weight excluding hydrogens is 226 g/mol. The monoisotopic (exact) mass is 235 g/mol. The Morgan fingerprint density at radius 3 is 2.50 bits per heavy atom. The molecule has 0 bridgehead atoms. The van der Waals surface area contributed by atoms with E-state index in [1.165, 1.54) is 25.1 Å². The van der Waals surface area contributed by atoms with Crippen molar-refractivity contribution in [1.29, 1.82) is 0 Å². The Morgan fingerprint density at radius 2 is 2.00 bits per heavy atom. The fourth-order valence-corrected chi connectivity index (χ4v) is 1.14. The van der Waals surface area contributed by atoms with Gasteiger partial charge in [0, 0.05) is 0 Å². The Labute approximate surface area is 89.3 Å². The predicted molar refractivity (Wildman–Crippen MR) is 49.0 cm³/mol. The molecule has 2 nitrogen and oxygen atoms in total. The van der Waals surface area contributed by atoms with E-state index in [2.05, 4.69) is 0 Å². The molecule has 0 heterocycles. The lowest BCUT2D eigenvalue weighted by molar-refractivity contribution is -0.174. The van der Waals surface area contributed by atoms with Crippen molar-refractivity contribution in [3.05, 3.63) is 35.6 Å². The summed E-state index contributed by atoms with van der Waals surface area (Å²) in [5.74, 6) is -2.60. The Hall–Kier alpha value is -1.59. The summed E-state index contributed by atoms with van der Waals surface area (Å²) in [5, 5.41) is 1.73. The molecule has 0 saturated heterocycles. The number of hydrogen-bond acceptors (Lipinski definition) is 1. The minimum Gasteiger partial charge on any atom is -0.342 e. The summed E-state index contributed by atoms with van der Waals surface area (Å²) in [5.41, 5.74) is 0.276. The van der Waals surface area contributed by atoms with Crippen LogP contribution in [0.25, 0.3) is 0 Å². The van der Waals surface area contributed by atoms with Crippen molar-refractivity contribution in [2.75, 3.05) is 0 Å². The highest BCUT2D eigenvalue weighted by atomic mass is 19.4. The molecule has 1 amide bonds. The fourth-order valence-electron chi connectivity index (χ4n) is 1.14. The molecule has 1 aromatic rings. The zero-order chi connectivity index (χ0) is 12.3. The van der Waals surface area contributed by atoms with Gasteiger partial charge in [0.2, 0.25) is 0 Å². The van der Waals surface area contributed by atoms with E-state index in [1.807, 2.05) is 0 Å². The van der Waals surface area contributed by atoms with Gasteiger partial charge in [0.05, 0.1) is 6.04 Å². The largest absolute Gasteiger partial charge is 0.471 e. The minimum atomic E-state index is -4.93. The van der Waals surface area contributed by atoms with Crippen LogP contribution in [0.5, 0.6) is 0 Å². The molecule has 6 heteroatoms. The number of hydrogen-bond donors (Lipinski definition) is 1. The average molecular weight is 235 g/mol. The highest BCUT2D eigenvalue weighted by Crippen LogP contribution is 2.18. The Kier molecular flexibility index (Phi) is 3.51. The van der Waals surface area contributed by atoms with Gasteiger partial charge in [-0.2, -0.15) is 13.2 Å². The quantitative estimate of drug-likeness (QED) is 0.784. The van der Waals surface area contributed by atoms with Gasteiger partial charge in [0.15, 0.2) is 0 Å². The van der Waals surface area contributed by atoms with E-state index in [-0.39, 0.29) is 5.56 Å². The molecule has 1 N–H and O–H groups in total. The number of benzene rings is 1. The van der Waals surface area contributed by atoms with E-state index in [4.69, 9.17) is 0 Å². The number of halogens is 4. The van der Waals surface area contributed by atoms with Gasteiger partial charge in [0.25, 0.3) is 0 Å². The molecule has 1 aromatic carbocycles. The van der Waals surface area contributed by atoms with Crippen molar-refractivity contribution in [3.8, 4) is 0 Å². The van der Waals surface area contributed by atoms with Crippen molar-refractivity contribution in [2.45, 2.75) is 19.1 Å². The smallest absolute Gasteiger partial charge is 0.342 e. The highest BCUT2D eigenvalue weighted by Gasteiger charge is 2.39. The first-order chi connectivity index (χ1) is 7.30. The van der Waals surface area contributed by atoms with Crippen LogP contribution in [-0.4, -0.2) is 12.1 Å². The first kappa shape index (κ1) is 12.5. The third kappa shape index (κ3) is 3.22. The van der Waals surface area contributed by atoms with Crippen LogP contribution in [-0.2, 0) is 4.79 Å². The summed E-state index contributed by atoms with van der Waals surface area (Å²) in [6.07, 6.45) is -4.93. The summed E-state index contributed by atoms with van der Waals surface area (Å²) in [6.45, 7) is 1.35. The Balaban J connectivity index is 2.73. The third-order valence-electron chi connectivity index (χ3n) is 1.95. The lowest BCUT2D eigenvalue weighted by atomic mass is 10.1. The second-order valence-electron chi connectivity index (χ2n) is 3.25. The van der Waals surface area contributed by atoms with E-state index in [0.29, 0.717) is 0 Å². The maximum absolute atomic E-state index is 12.8. The molecule has 0 aliphatic rings. The van der Waals surface area contributed by atoms with E-state index < -0.39 is 23.9 Å². The van der Waals surface area contributed by atoms with Gasteiger partial charge in [-0.3, -0.25) is 4.79 Å². The van der Waals surface area contributed by atoms with E-state index in [9.17, 15) is 22.4 Å². The number of amides is 1. The summed E-state index contributed by atoms with van der Waals surface area (Å²) in [7, 11) is 0. The normalized spacial score (nSPS) is 13.3. The molecule has 1 unspecified atom stereocenters. The van der Waals surface area contributed by atoms with Crippen molar-refractivity contribution in [2.24, 2.45) is 0 Å². The van der Waals surface area contributed by atoms with Crippen molar-refractivity contribution < 1.29 is 22.4 Å². The molecule has 0 spiro atoms. The fraction of sp³-hybridized carbons (Fsp3) is 0.300. The standard InChI is InChI=1S/C10H9F4NO/c1-6(15-9(16)10(12,13)14)7-3-2-4-8(11)5-7/h2-6H,1H3,(H,15,16). The van der Waals surface area contributed by atoms with Gasteiger partial charge in [-0.25, -0.2) is 4.39 Å². The van der Waals surface area contributed by atoms with Crippen LogP contribution in [0, 0.1) is 5.82 Å². The minimum absolute atomic E-state index is 0.276. The molecule has 0 radical (unpaired) electrons. The molecule has 1 rings (SSSR count). The van der Waals surface area contributed by atoms with Gasteiger partial charge in [0.1, 0.15) is 5.82 Å². The molecule has 0 aliphatic carbocycles. The summed E-state index contributed by atoms with van der Waals surface area (Å²) in [4.78, 5) is 10.6. The van der Waals surface area contributed by atoms with Crippen molar-refractivity contribution >= 4 is 5.91 Å². The van der Waals surface area contributed by atoms with Gasteiger partial charge in [-0.15, -0.1) is 0 Å². The second kappa shape index (κ2) is 4.51. The highest BCUT2D eigenvalue weighted by molar-refractivity contribution is 5.82. The van der Waals surface area contributed by atoms with Crippen molar-refractivity contribution in [3.63, 3.8) is 0 Å². The van der Waals surface area contributed by atoms with Gasteiger partial charge < -0.3 is 5.32 Å². The first-order valence-electron chi connectivity index (χ1n) is 4.44. The first-order valence-corrected chi connectivity index (χ1v) is 4.44. The van der Waals surface area contributed by atoms with E-state index in [1.54, 1.807) is 5.32 Å². The van der Waals surface area contributed by atoms with Crippen LogP contribution < -0.4 is 5.32 Å². The molecule has 0 aromatic heterocycles. The van der Waals surface area contributed by atoms with Crippen LogP contribution in [0.2, 0.25) is 0 Å². The number of alkyl halides is 3. The molecule has 0 fully saturated rings. The lowest BCUT2D eigenvalue weighted by Crippen LogP contribution is -2.38. The van der Waals surface area contributed by atoms with Crippen LogP contribution in [0.4, 0.5) is 17.6 Å². The maximum atomic E-state index is 12.8. The molecule has 1 atom stereocenters. The summed E-state index contributed by atoms with van der Waals surface area (Å²) >= 11 is 0. The third-order valence-corrected chi connectivity index (χ3v) is 1.95. The zero-order valence-electron chi connectivity index (χ0n) is 8.31. The summed E-state index contributed by atoms with van der Waals surface area (Å²) < 4.78 is 48.5. The molecule has 0 saturated carbocycles. The number of carbonyl (C=O) groups is 1.